The zero-order valence-corrected chi connectivity index (χ0v) is 9.37. The van der Waals surface area contributed by atoms with Crippen molar-refractivity contribution >= 4 is 11.8 Å². The van der Waals surface area contributed by atoms with Crippen LogP contribution in [0.5, 0.6) is 0 Å². The number of rotatable bonds is 3. The van der Waals surface area contributed by atoms with Crippen molar-refractivity contribution in [1.29, 1.82) is 0 Å². The number of hydrogen-bond donors (Lipinski definition) is 1. The van der Waals surface area contributed by atoms with Crippen molar-refractivity contribution in [3.63, 3.8) is 0 Å². The van der Waals surface area contributed by atoms with Crippen LogP contribution in [0, 0.1) is 0 Å². The molecule has 2 rings (SSSR count). The van der Waals surface area contributed by atoms with Crippen LogP contribution in [0.4, 0.5) is 0 Å². The van der Waals surface area contributed by atoms with E-state index < -0.39 is 0 Å². The van der Waals surface area contributed by atoms with E-state index in [-0.39, 0.29) is 6.61 Å². The van der Waals surface area contributed by atoms with E-state index in [2.05, 4.69) is 4.98 Å². The molecule has 0 aliphatic carbocycles. The molecule has 0 bridgehead atoms. The Kier molecular flexibility index (Phi) is 4.00. The molecule has 1 aliphatic heterocycles. The Balaban J connectivity index is 2.02. The summed E-state index contributed by atoms with van der Waals surface area (Å²) in [5.41, 5.74) is 0.925. The molecule has 1 saturated heterocycles. The minimum atomic E-state index is 0.0688. The normalized spacial score (nSPS) is 17.9. The quantitative estimate of drug-likeness (QED) is 0.852. The molecule has 0 atom stereocenters. The van der Waals surface area contributed by atoms with Crippen LogP contribution in [0.3, 0.4) is 0 Å². The van der Waals surface area contributed by atoms with Gasteiger partial charge in [0.2, 0.25) is 0 Å². The third-order valence-electron chi connectivity index (χ3n) is 2.47. The second-order valence-electron chi connectivity index (χ2n) is 3.56. The molecule has 1 fully saturated rings. The van der Waals surface area contributed by atoms with E-state index in [1.165, 1.54) is 0 Å². The summed E-state index contributed by atoms with van der Waals surface area (Å²) in [5.74, 6) is 0. The first-order valence-corrected chi connectivity index (χ1v) is 6.07. The molecule has 0 amide bonds. The molecule has 0 unspecified atom stereocenters. The molecule has 1 aromatic rings. The summed E-state index contributed by atoms with van der Waals surface area (Å²) in [6, 6.07) is 3.79. The molecule has 4 heteroatoms. The van der Waals surface area contributed by atoms with E-state index >= 15 is 0 Å². The van der Waals surface area contributed by atoms with Gasteiger partial charge in [0.1, 0.15) is 5.03 Å². The molecule has 1 aromatic heterocycles. The van der Waals surface area contributed by atoms with E-state index in [4.69, 9.17) is 9.84 Å². The third-order valence-corrected chi connectivity index (χ3v) is 3.86. The molecule has 0 aromatic carbocycles. The number of aliphatic hydroxyl groups excluding tert-OH is 1. The molecular formula is C11H15NO2S. The number of aliphatic hydroxyl groups is 1. The maximum absolute atomic E-state index is 9.17. The van der Waals surface area contributed by atoms with Crippen molar-refractivity contribution in [2.45, 2.75) is 29.7 Å². The average Bonchev–Trinajstić information content (AvgIpc) is 2.31. The molecule has 0 saturated carbocycles. The lowest BCUT2D eigenvalue weighted by molar-refractivity contribution is 0.1000. The van der Waals surface area contributed by atoms with Crippen LogP contribution < -0.4 is 0 Å². The van der Waals surface area contributed by atoms with Crippen LogP contribution in [-0.4, -0.2) is 28.6 Å². The highest BCUT2D eigenvalue weighted by Crippen LogP contribution is 2.30. The molecule has 2 heterocycles. The predicted molar refractivity (Wildman–Crippen MR) is 59.9 cm³/mol. The summed E-state index contributed by atoms with van der Waals surface area (Å²) in [4.78, 5) is 4.31. The van der Waals surface area contributed by atoms with Gasteiger partial charge in [-0.15, -0.1) is 11.8 Å². The molecule has 82 valence electrons. The maximum Gasteiger partial charge on any atom is 0.102 e. The topological polar surface area (TPSA) is 42.4 Å². The lowest BCUT2D eigenvalue weighted by atomic mass is 10.2. The van der Waals surface area contributed by atoms with Gasteiger partial charge in [-0.2, -0.15) is 0 Å². The first kappa shape index (κ1) is 10.9. The van der Waals surface area contributed by atoms with Gasteiger partial charge >= 0.3 is 0 Å². The number of aromatic nitrogens is 1. The number of nitrogens with zero attached hydrogens (tertiary/aromatic N) is 1. The summed E-state index contributed by atoms with van der Waals surface area (Å²) < 4.78 is 5.31. The van der Waals surface area contributed by atoms with E-state index in [0.717, 1.165) is 36.6 Å². The van der Waals surface area contributed by atoms with Crippen molar-refractivity contribution < 1.29 is 9.84 Å². The fourth-order valence-electron chi connectivity index (χ4n) is 1.60. The predicted octanol–water partition coefficient (Wildman–Crippen LogP) is 1.84. The molecular weight excluding hydrogens is 210 g/mol. The highest BCUT2D eigenvalue weighted by atomic mass is 32.2. The summed E-state index contributed by atoms with van der Waals surface area (Å²) in [6.45, 7) is 1.76. The van der Waals surface area contributed by atoms with Gasteiger partial charge in [-0.3, -0.25) is 0 Å². The van der Waals surface area contributed by atoms with Crippen molar-refractivity contribution in [3.05, 3.63) is 23.9 Å². The van der Waals surface area contributed by atoms with Gasteiger partial charge in [-0.05, 0) is 18.9 Å². The lowest BCUT2D eigenvalue weighted by Crippen LogP contribution is -2.17. The van der Waals surface area contributed by atoms with Crippen molar-refractivity contribution in [2.24, 2.45) is 0 Å². The molecule has 15 heavy (non-hydrogen) atoms. The van der Waals surface area contributed by atoms with Crippen LogP contribution in [-0.2, 0) is 11.3 Å². The van der Waals surface area contributed by atoms with Gasteiger partial charge in [0, 0.05) is 30.2 Å². The highest BCUT2D eigenvalue weighted by molar-refractivity contribution is 7.99. The van der Waals surface area contributed by atoms with E-state index in [9.17, 15) is 0 Å². The first-order valence-electron chi connectivity index (χ1n) is 5.19. The third kappa shape index (κ3) is 2.93. The number of thioether (sulfide) groups is 1. The smallest absolute Gasteiger partial charge is 0.102 e. The van der Waals surface area contributed by atoms with E-state index in [1.54, 1.807) is 18.0 Å². The van der Waals surface area contributed by atoms with Gasteiger partial charge in [0.05, 0.1) is 6.61 Å². The zero-order chi connectivity index (χ0) is 10.5. The Hall–Kier alpha value is -0.580. The Morgan fingerprint density at radius 3 is 3.00 bits per heavy atom. The molecule has 3 nitrogen and oxygen atoms in total. The van der Waals surface area contributed by atoms with Gasteiger partial charge in [0.15, 0.2) is 0 Å². The second-order valence-corrected chi connectivity index (χ2v) is 4.84. The summed E-state index contributed by atoms with van der Waals surface area (Å²) in [6.07, 6.45) is 3.93. The Morgan fingerprint density at radius 2 is 2.27 bits per heavy atom. The van der Waals surface area contributed by atoms with Crippen LogP contribution >= 0.6 is 11.8 Å². The fraction of sp³-hybridized carbons (Fsp3) is 0.545. The first-order chi connectivity index (χ1) is 7.40. The van der Waals surface area contributed by atoms with Crippen LogP contribution in [0.1, 0.15) is 18.4 Å². The van der Waals surface area contributed by atoms with Gasteiger partial charge < -0.3 is 9.84 Å². The van der Waals surface area contributed by atoms with Crippen molar-refractivity contribution in [2.75, 3.05) is 13.2 Å². The zero-order valence-electron chi connectivity index (χ0n) is 8.56. The molecule has 0 radical (unpaired) electrons. The van der Waals surface area contributed by atoms with E-state index in [1.807, 2.05) is 12.1 Å². The summed E-state index contributed by atoms with van der Waals surface area (Å²) in [5, 5.41) is 10.7. The molecule has 0 spiro atoms. The van der Waals surface area contributed by atoms with Crippen molar-refractivity contribution in [3.8, 4) is 0 Å². The lowest BCUT2D eigenvalue weighted by Gasteiger charge is -2.21. The minimum absolute atomic E-state index is 0.0688. The maximum atomic E-state index is 9.17. The van der Waals surface area contributed by atoms with Crippen LogP contribution in [0.25, 0.3) is 0 Å². The second kappa shape index (κ2) is 5.49. The number of pyridine rings is 1. The minimum Gasteiger partial charge on any atom is -0.392 e. The van der Waals surface area contributed by atoms with E-state index in [0.29, 0.717) is 5.25 Å². The SMILES string of the molecule is OCc1cccnc1SC1CCOCC1. The van der Waals surface area contributed by atoms with Gasteiger partial charge in [0.25, 0.3) is 0 Å². The van der Waals surface area contributed by atoms with Gasteiger partial charge in [-0.1, -0.05) is 6.07 Å². The van der Waals surface area contributed by atoms with Gasteiger partial charge in [-0.25, -0.2) is 4.98 Å². The number of hydrogen-bond acceptors (Lipinski definition) is 4. The molecule has 1 N–H and O–H groups in total. The fourth-order valence-corrected chi connectivity index (χ4v) is 2.75. The Morgan fingerprint density at radius 1 is 1.47 bits per heavy atom. The Bertz CT molecular complexity index is 313. The highest BCUT2D eigenvalue weighted by Gasteiger charge is 2.16. The van der Waals surface area contributed by atoms with Crippen LogP contribution in [0.15, 0.2) is 23.4 Å². The molecule has 1 aliphatic rings. The Labute approximate surface area is 93.9 Å². The largest absolute Gasteiger partial charge is 0.392 e. The van der Waals surface area contributed by atoms with Crippen molar-refractivity contribution in [1.82, 2.24) is 4.98 Å². The van der Waals surface area contributed by atoms with Crippen LogP contribution in [0.2, 0.25) is 0 Å². The summed E-state index contributed by atoms with van der Waals surface area (Å²) in [7, 11) is 0. The monoisotopic (exact) mass is 225 g/mol. The summed E-state index contributed by atoms with van der Waals surface area (Å²) >= 11 is 1.76. The number of ether oxygens (including phenoxy) is 1. The average molecular weight is 225 g/mol. The standard InChI is InChI=1S/C11H15NO2S/c13-8-9-2-1-5-12-11(9)15-10-3-6-14-7-4-10/h1-2,5,10,13H,3-4,6-8H2.